The van der Waals surface area contributed by atoms with Gasteiger partial charge in [-0.15, -0.1) is 0 Å². The van der Waals surface area contributed by atoms with E-state index in [0.29, 0.717) is 0 Å². The summed E-state index contributed by atoms with van der Waals surface area (Å²) in [5.74, 6) is 0. The van der Waals surface area contributed by atoms with Crippen LogP contribution < -0.4 is 25.8 Å². The van der Waals surface area contributed by atoms with Crippen molar-refractivity contribution in [3.63, 3.8) is 0 Å². The van der Waals surface area contributed by atoms with Gasteiger partial charge in [0.2, 0.25) is 0 Å². The fraction of sp³-hybridized carbons (Fsp3) is 0.381. The molecule has 0 unspecified atom stereocenters. The molecular formula is C21H28N2Si. The minimum absolute atomic E-state index is 1.04. The number of rotatable bonds is 5. The monoisotopic (exact) mass is 336 g/mol. The molecule has 2 nitrogen and oxygen atoms in total. The Kier molecular flexibility index (Phi) is 4.64. The van der Waals surface area contributed by atoms with Crippen LogP contribution in [-0.4, -0.2) is 21.2 Å². The number of hydrogen-bond donors (Lipinski definition) is 0. The molecule has 0 bridgehead atoms. The highest BCUT2D eigenvalue weighted by atomic mass is 28.3. The van der Waals surface area contributed by atoms with Gasteiger partial charge in [0.05, 0.1) is 11.0 Å². The number of nitrogens with zero attached hydrogens (tertiary/aromatic N) is 2. The van der Waals surface area contributed by atoms with E-state index in [1.165, 1.54) is 39.2 Å². The molecule has 1 aliphatic rings. The third-order valence-corrected chi connectivity index (χ3v) is 10.9. The zero-order valence-electron chi connectivity index (χ0n) is 15.4. The summed E-state index contributed by atoms with van der Waals surface area (Å²) in [5.41, 5.74) is 2.52. The Morgan fingerprint density at radius 1 is 0.917 bits per heavy atom. The second-order valence-electron chi connectivity index (χ2n) is 6.63. The second-order valence-corrected chi connectivity index (χ2v) is 11.3. The Morgan fingerprint density at radius 2 is 1.62 bits per heavy atom. The lowest BCUT2D eigenvalue weighted by atomic mass is 10.2. The van der Waals surface area contributed by atoms with Gasteiger partial charge >= 0.3 is 0 Å². The van der Waals surface area contributed by atoms with Crippen LogP contribution in [0, 0.1) is 0 Å². The molecule has 0 amide bonds. The van der Waals surface area contributed by atoms with Crippen molar-refractivity contribution in [1.29, 1.82) is 0 Å². The van der Waals surface area contributed by atoms with Crippen LogP contribution in [0.4, 0.5) is 11.4 Å². The highest BCUT2D eigenvalue weighted by Gasteiger charge is 2.39. The van der Waals surface area contributed by atoms with Gasteiger partial charge in [-0.2, -0.15) is 0 Å². The van der Waals surface area contributed by atoms with Gasteiger partial charge in [0.25, 0.3) is 0 Å². The molecule has 1 heterocycles. The largest absolute Gasteiger partial charge is 0.372 e. The molecule has 0 spiro atoms. The number of hydrogen-bond acceptors (Lipinski definition) is 2. The maximum Gasteiger partial charge on any atom is 0.123 e. The summed E-state index contributed by atoms with van der Waals surface area (Å²) in [5, 5.41) is 5.26. The summed E-state index contributed by atoms with van der Waals surface area (Å²) >= 11 is 0. The minimum Gasteiger partial charge on any atom is -0.372 e. The molecule has 0 radical (unpaired) electrons. The number of benzene rings is 2. The zero-order chi connectivity index (χ0) is 17.3. The van der Waals surface area contributed by atoms with Gasteiger partial charge in [0, 0.05) is 18.8 Å². The molecule has 0 atom stereocenters. The normalized spacial score (nSPS) is 14.5. The van der Waals surface area contributed by atoms with E-state index in [2.05, 4.69) is 75.6 Å². The first-order valence-corrected chi connectivity index (χ1v) is 11.6. The van der Waals surface area contributed by atoms with Crippen LogP contribution in [0.15, 0.2) is 41.4 Å². The van der Waals surface area contributed by atoms with E-state index >= 15 is 0 Å². The molecule has 1 aliphatic heterocycles. The van der Waals surface area contributed by atoms with E-state index in [0.717, 1.165) is 18.3 Å². The molecular weight excluding hydrogens is 308 g/mol. The summed E-state index contributed by atoms with van der Waals surface area (Å²) in [6.45, 7) is 15.4. The van der Waals surface area contributed by atoms with Crippen LogP contribution >= 0.6 is 0 Å². The topological polar surface area (TPSA) is 15.6 Å². The number of fused-ring (bicyclic) bond motifs is 2. The van der Waals surface area contributed by atoms with Crippen molar-refractivity contribution >= 4 is 36.4 Å². The van der Waals surface area contributed by atoms with Gasteiger partial charge in [-0.3, -0.25) is 0 Å². The van der Waals surface area contributed by atoms with Crippen molar-refractivity contribution in [2.75, 3.05) is 18.0 Å². The van der Waals surface area contributed by atoms with E-state index < -0.39 is 8.07 Å². The first-order valence-electron chi connectivity index (χ1n) is 9.17. The Hall–Kier alpha value is -1.87. The van der Waals surface area contributed by atoms with Crippen molar-refractivity contribution in [1.82, 2.24) is 0 Å². The molecule has 0 saturated heterocycles. The minimum atomic E-state index is -1.77. The molecule has 126 valence electrons. The summed E-state index contributed by atoms with van der Waals surface area (Å²) in [6, 6.07) is 15.9. The van der Waals surface area contributed by atoms with Gasteiger partial charge in [0.15, 0.2) is 0 Å². The third-order valence-electron chi connectivity index (χ3n) is 5.65. The molecule has 24 heavy (non-hydrogen) atoms. The van der Waals surface area contributed by atoms with Crippen LogP contribution in [0.25, 0.3) is 6.58 Å². The Bertz CT molecular complexity index is 849. The lowest BCUT2D eigenvalue weighted by Crippen LogP contribution is -2.64. The standard InChI is InChI=1S/C21H28N2Si/c1-6-23(7-2)17-11-13-19-21(15-17)24(8-3,9-4)20-14-16(5)10-12-18(20)22-19/h10-15H,5-9H2,1-4H3. The molecule has 3 rings (SSSR count). The predicted octanol–water partition coefficient (Wildman–Crippen LogP) is 2.81. The molecule has 2 aromatic carbocycles. The molecule has 0 aliphatic carbocycles. The van der Waals surface area contributed by atoms with E-state index in [4.69, 9.17) is 4.99 Å². The average Bonchev–Trinajstić information content (AvgIpc) is 2.61. The van der Waals surface area contributed by atoms with Crippen molar-refractivity contribution in [3.8, 4) is 0 Å². The SMILES string of the molecule is C=c1ccc2c(c1)[Si](CC)(CC)c1cc(N(CC)CC)ccc1N=2. The fourth-order valence-electron chi connectivity index (χ4n) is 4.14. The summed E-state index contributed by atoms with van der Waals surface area (Å²) < 4.78 is 0. The first-order chi connectivity index (χ1) is 11.6. The van der Waals surface area contributed by atoms with E-state index in [9.17, 15) is 0 Å². The molecule has 3 heteroatoms. The molecule has 0 aromatic heterocycles. The number of anilines is 1. The van der Waals surface area contributed by atoms with Crippen LogP contribution in [0.1, 0.15) is 27.7 Å². The highest BCUT2D eigenvalue weighted by Crippen LogP contribution is 2.26. The summed E-state index contributed by atoms with van der Waals surface area (Å²) in [6.07, 6.45) is 0. The highest BCUT2D eigenvalue weighted by molar-refractivity contribution is 7.03. The van der Waals surface area contributed by atoms with Crippen LogP contribution in [0.2, 0.25) is 12.1 Å². The summed E-state index contributed by atoms with van der Waals surface area (Å²) in [4.78, 5) is 7.41. The third kappa shape index (κ3) is 2.51. The predicted molar refractivity (Wildman–Crippen MR) is 108 cm³/mol. The maximum atomic E-state index is 4.98. The average molecular weight is 337 g/mol. The van der Waals surface area contributed by atoms with Gasteiger partial charge in [0.1, 0.15) is 8.07 Å². The smallest absolute Gasteiger partial charge is 0.123 e. The van der Waals surface area contributed by atoms with Crippen LogP contribution in [0.5, 0.6) is 0 Å². The first kappa shape index (κ1) is 17.0. The van der Waals surface area contributed by atoms with Crippen molar-refractivity contribution < 1.29 is 0 Å². The molecule has 2 aromatic rings. The zero-order valence-corrected chi connectivity index (χ0v) is 16.4. The van der Waals surface area contributed by atoms with E-state index in [-0.39, 0.29) is 0 Å². The molecule has 0 fully saturated rings. The lowest BCUT2D eigenvalue weighted by Gasteiger charge is -2.35. The lowest BCUT2D eigenvalue weighted by molar-refractivity contribution is 0.867. The second kappa shape index (κ2) is 6.56. The Morgan fingerprint density at radius 3 is 2.25 bits per heavy atom. The van der Waals surface area contributed by atoms with E-state index in [1.54, 1.807) is 0 Å². The van der Waals surface area contributed by atoms with Crippen molar-refractivity contribution in [2.45, 2.75) is 39.8 Å². The van der Waals surface area contributed by atoms with Crippen molar-refractivity contribution in [2.24, 2.45) is 4.99 Å². The molecule has 0 N–H and O–H groups in total. The van der Waals surface area contributed by atoms with Gasteiger partial charge < -0.3 is 4.90 Å². The van der Waals surface area contributed by atoms with Gasteiger partial charge in [-0.05, 0) is 53.7 Å². The fourth-order valence-corrected chi connectivity index (χ4v) is 8.60. The Labute approximate surface area is 146 Å². The van der Waals surface area contributed by atoms with Crippen molar-refractivity contribution in [3.05, 3.63) is 47.0 Å². The Balaban J connectivity index is 2.31. The van der Waals surface area contributed by atoms with Gasteiger partial charge in [-0.25, -0.2) is 4.99 Å². The molecule has 0 saturated carbocycles. The van der Waals surface area contributed by atoms with Crippen LogP contribution in [0.3, 0.4) is 0 Å². The van der Waals surface area contributed by atoms with E-state index in [1.807, 2.05) is 0 Å². The van der Waals surface area contributed by atoms with Gasteiger partial charge in [-0.1, -0.05) is 44.6 Å². The van der Waals surface area contributed by atoms with Crippen LogP contribution in [-0.2, 0) is 0 Å². The summed E-state index contributed by atoms with van der Waals surface area (Å²) in [7, 11) is -1.77. The maximum absolute atomic E-state index is 4.98. The quantitative estimate of drug-likeness (QED) is 0.767.